The van der Waals surface area contributed by atoms with E-state index in [4.69, 9.17) is 4.74 Å². The Morgan fingerprint density at radius 1 is 1.15 bits per heavy atom. The number of fused-ring (bicyclic) bond motifs is 1. The topological polar surface area (TPSA) is 99.0 Å². The molecule has 5 atom stereocenters. The molecule has 1 heterocycles. The number of rotatable bonds is 6. The number of aliphatic hydroxyl groups is 3. The first-order chi connectivity index (χ1) is 13.0. The van der Waals surface area contributed by atoms with E-state index in [-0.39, 0.29) is 5.91 Å². The maximum atomic E-state index is 12.1. The number of thioether (sulfide) groups is 1. The van der Waals surface area contributed by atoms with E-state index in [0.29, 0.717) is 12.8 Å². The molecule has 27 heavy (non-hydrogen) atoms. The van der Waals surface area contributed by atoms with E-state index in [2.05, 4.69) is 5.32 Å². The first kappa shape index (κ1) is 20.1. The lowest BCUT2D eigenvalue weighted by Crippen LogP contribution is -2.63. The molecular formula is C20H25NO5S. The Balaban J connectivity index is 1.83. The standard InChI is InChI=1S/C20H25NO5S/c1-2-5-16(23)21-17-19(25)18(24)15(11-22)26-20(17)27-14-9-8-12-6-3-4-7-13(12)10-14/h3-4,6-10,15,17-20,22,24-25H,2,5,11H2,1H3,(H,21,23)/t15-,17-,18-,19-,20+/m1/s1. The van der Waals surface area contributed by atoms with E-state index in [0.717, 1.165) is 15.7 Å². The van der Waals surface area contributed by atoms with Gasteiger partial charge in [0.25, 0.3) is 0 Å². The highest BCUT2D eigenvalue weighted by atomic mass is 32.2. The van der Waals surface area contributed by atoms with Gasteiger partial charge in [-0.05, 0) is 29.3 Å². The third-order valence-corrected chi connectivity index (χ3v) is 5.82. The number of carbonyl (C=O) groups excluding carboxylic acids is 1. The summed E-state index contributed by atoms with van der Waals surface area (Å²) < 4.78 is 5.81. The highest BCUT2D eigenvalue weighted by Crippen LogP contribution is 2.34. The third-order valence-electron chi connectivity index (χ3n) is 4.66. The van der Waals surface area contributed by atoms with Crippen LogP contribution in [-0.2, 0) is 9.53 Å². The summed E-state index contributed by atoms with van der Waals surface area (Å²) in [7, 11) is 0. The smallest absolute Gasteiger partial charge is 0.220 e. The van der Waals surface area contributed by atoms with Crippen LogP contribution in [0.2, 0.25) is 0 Å². The van der Waals surface area contributed by atoms with Crippen molar-refractivity contribution in [2.24, 2.45) is 0 Å². The van der Waals surface area contributed by atoms with Crippen molar-refractivity contribution in [2.75, 3.05) is 6.61 Å². The zero-order chi connectivity index (χ0) is 19.4. The number of nitrogens with one attached hydrogen (secondary N) is 1. The average Bonchev–Trinajstić information content (AvgIpc) is 2.67. The molecule has 6 nitrogen and oxygen atoms in total. The molecule has 7 heteroatoms. The van der Waals surface area contributed by atoms with Crippen LogP contribution in [0.25, 0.3) is 10.8 Å². The molecular weight excluding hydrogens is 366 g/mol. The number of aliphatic hydroxyl groups excluding tert-OH is 3. The van der Waals surface area contributed by atoms with Crippen molar-refractivity contribution < 1.29 is 24.9 Å². The summed E-state index contributed by atoms with van der Waals surface area (Å²) in [5, 5.41) is 35.1. The molecule has 0 bridgehead atoms. The van der Waals surface area contributed by atoms with Gasteiger partial charge < -0.3 is 25.4 Å². The predicted octanol–water partition coefficient (Wildman–Crippen LogP) is 1.66. The lowest BCUT2D eigenvalue weighted by molar-refractivity contribution is -0.173. The van der Waals surface area contributed by atoms with Crippen LogP contribution in [0.4, 0.5) is 0 Å². The highest BCUT2D eigenvalue weighted by molar-refractivity contribution is 7.99. The first-order valence-electron chi connectivity index (χ1n) is 9.10. The Morgan fingerprint density at radius 2 is 1.89 bits per heavy atom. The maximum Gasteiger partial charge on any atom is 0.220 e. The van der Waals surface area contributed by atoms with Crippen molar-refractivity contribution in [1.29, 1.82) is 0 Å². The molecule has 0 saturated carbocycles. The summed E-state index contributed by atoms with van der Waals surface area (Å²) >= 11 is 1.35. The van der Waals surface area contributed by atoms with Crippen LogP contribution in [0.3, 0.4) is 0 Å². The Labute approximate surface area is 162 Å². The summed E-state index contributed by atoms with van der Waals surface area (Å²) in [5.74, 6) is -0.205. The predicted molar refractivity (Wildman–Crippen MR) is 104 cm³/mol. The van der Waals surface area contributed by atoms with Crippen molar-refractivity contribution in [2.45, 2.75) is 54.5 Å². The molecule has 1 aliphatic rings. The van der Waals surface area contributed by atoms with Crippen molar-refractivity contribution >= 4 is 28.4 Å². The van der Waals surface area contributed by atoms with E-state index in [1.165, 1.54) is 11.8 Å². The zero-order valence-corrected chi connectivity index (χ0v) is 15.9. The number of hydrogen-bond donors (Lipinski definition) is 4. The third kappa shape index (κ3) is 4.62. The number of benzene rings is 2. The fourth-order valence-electron chi connectivity index (χ4n) is 3.20. The summed E-state index contributed by atoms with van der Waals surface area (Å²) in [6, 6.07) is 13.2. The zero-order valence-electron chi connectivity index (χ0n) is 15.1. The fraction of sp³-hybridized carbons (Fsp3) is 0.450. The van der Waals surface area contributed by atoms with E-state index in [1.54, 1.807) is 0 Å². The van der Waals surface area contributed by atoms with Gasteiger partial charge in [0.05, 0.1) is 12.6 Å². The minimum absolute atomic E-state index is 0.205. The van der Waals surface area contributed by atoms with Gasteiger partial charge in [0, 0.05) is 11.3 Å². The van der Waals surface area contributed by atoms with E-state index in [9.17, 15) is 20.1 Å². The van der Waals surface area contributed by atoms with Crippen molar-refractivity contribution in [3.8, 4) is 0 Å². The molecule has 3 rings (SSSR count). The highest BCUT2D eigenvalue weighted by Gasteiger charge is 2.45. The van der Waals surface area contributed by atoms with Crippen LogP contribution in [0.5, 0.6) is 0 Å². The van der Waals surface area contributed by atoms with Gasteiger partial charge in [0.2, 0.25) is 5.91 Å². The molecule has 0 aliphatic carbocycles. The molecule has 0 radical (unpaired) electrons. The van der Waals surface area contributed by atoms with Crippen molar-refractivity contribution in [3.63, 3.8) is 0 Å². The molecule has 1 fully saturated rings. The van der Waals surface area contributed by atoms with E-state index in [1.807, 2.05) is 49.4 Å². The molecule has 0 unspecified atom stereocenters. The summed E-state index contributed by atoms with van der Waals surface area (Å²) in [6.07, 6.45) is -2.39. The average molecular weight is 391 g/mol. The van der Waals surface area contributed by atoms with Crippen LogP contribution in [0, 0.1) is 0 Å². The van der Waals surface area contributed by atoms with Crippen molar-refractivity contribution in [1.82, 2.24) is 5.32 Å². The van der Waals surface area contributed by atoms with Gasteiger partial charge in [-0.15, -0.1) is 0 Å². The molecule has 2 aromatic rings. The lowest BCUT2D eigenvalue weighted by Gasteiger charge is -2.42. The summed E-state index contributed by atoms with van der Waals surface area (Å²) in [6.45, 7) is 1.48. The summed E-state index contributed by atoms with van der Waals surface area (Å²) in [4.78, 5) is 13.0. The second kappa shape index (κ2) is 9.03. The van der Waals surface area contributed by atoms with Crippen LogP contribution < -0.4 is 5.32 Å². The monoisotopic (exact) mass is 391 g/mol. The van der Waals surface area contributed by atoms with Gasteiger partial charge in [-0.3, -0.25) is 4.79 Å². The maximum absolute atomic E-state index is 12.1. The molecule has 4 N–H and O–H groups in total. The minimum atomic E-state index is -1.27. The van der Waals surface area contributed by atoms with Gasteiger partial charge >= 0.3 is 0 Å². The quantitative estimate of drug-likeness (QED) is 0.598. The molecule has 146 valence electrons. The molecule has 2 aromatic carbocycles. The second-order valence-electron chi connectivity index (χ2n) is 6.68. The number of ether oxygens (including phenoxy) is 1. The van der Waals surface area contributed by atoms with E-state index >= 15 is 0 Å². The van der Waals surface area contributed by atoms with Gasteiger partial charge in [-0.1, -0.05) is 49.0 Å². The molecule has 0 aromatic heterocycles. The lowest BCUT2D eigenvalue weighted by atomic mass is 9.98. The van der Waals surface area contributed by atoms with Crippen LogP contribution in [0.1, 0.15) is 19.8 Å². The van der Waals surface area contributed by atoms with Gasteiger partial charge in [-0.2, -0.15) is 0 Å². The van der Waals surface area contributed by atoms with Crippen LogP contribution in [-0.4, -0.2) is 57.6 Å². The Hall–Kier alpha value is -1.64. The largest absolute Gasteiger partial charge is 0.394 e. The van der Waals surface area contributed by atoms with Gasteiger partial charge in [-0.25, -0.2) is 0 Å². The van der Waals surface area contributed by atoms with E-state index < -0.39 is 36.4 Å². The van der Waals surface area contributed by atoms with Gasteiger partial charge in [0.15, 0.2) is 0 Å². The number of carbonyl (C=O) groups is 1. The molecule has 1 aliphatic heterocycles. The number of amides is 1. The Bertz CT molecular complexity index is 786. The fourth-order valence-corrected chi connectivity index (χ4v) is 4.38. The molecule has 0 spiro atoms. The minimum Gasteiger partial charge on any atom is -0.394 e. The van der Waals surface area contributed by atoms with Crippen LogP contribution >= 0.6 is 11.8 Å². The van der Waals surface area contributed by atoms with Gasteiger partial charge in [0.1, 0.15) is 23.7 Å². The first-order valence-corrected chi connectivity index (χ1v) is 9.98. The Morgan fingerprint density at radius 3 is 2.59 bits per heavy atom. The summed E-state index contributed by atoms with van der Waals surface area (Å²) in [5.41, 5.74) is -0.637. The normalized spacial score (nSPS) is 28.2. The molecule has 1 amide bonds. The molecule has 1 saturated heterocycles. The Kier molecular flexibility index (Phi) is 6.73. The number of hydrogen-bond acceptors (Lipinski definition) is 6. The van der Waals surface area contributed by atoms with Crippen LogP contribution in [0.15, 0.2) is 47.4 Å². The second-order valence-corrected chi connectivity index (χ2v) is 7.85. The van der Waals surface area contributed by atoms with Crippen molar-refractivity contribution in [3.05, 3.63) is 42.5 Å². The SMILES string of the molecule is CCCC(=O)N[C@@H]1[C@@H](O)[C@H](O)[C@@H](CO)O[C@H]1Sc1ccc2ccccc2c1.